The maximum atomic E-state index is 6.36. The summed E-state index contributed by atoms with van der Waals surface area (Å²) in [7, 11) is 0. The number of rotatable bonds is 9. The Kier molecular flexibility index (Phi) is 8.04. The van der Waals surface area contributed by atoms with Crippen molar-refractivity contribution in [1.29, 1.82) is 0 Å². The Balaban J connectivity index is 1.30. The first-order valence-electron chi connectivity index (χ1n) is 10.9. The van der Waals surface area contributed by atoms with Crippen LogP contribution in [0, 0.1) is 0 Å². The molecule has 1 aliphatic rings. The first-order valence-corrected chi connectivity index (χ1v) is 11.7. The fourth-order valence-electron chi connectivity index (χ4n) is 3.45. The topological polar surface area (TPSA) is 62.9 Å². The summed E-state index contributed by atoms with van der Waals surface area (Å²) in [6.07, 6.45) is 3.02. The molecule has 0 amide bonds. The Morgan fingerprint density at radius 2 is 1.72 bits per heavy atom. The second-order valence-corrected chi connectivity index (χ2v) is 8.62. The molecule has 2 unspecified atom stereocenters. The lowest BCUT2D eigenvalue weighted by Crippen LogP contribution is -2.25. The van der Waals surface area contributed by atoms with Gasteiger partial charge in [-0.3, -0.25) is 0 Å². The summed E-state index contributed by atoms with van der Waals surface area (Å²) >= 11 is 3.54. The van der Waals surface area contributed by atoms with E-state index in [0.717, 1.165) is 53.0 Å². The number of benzene rings is 3. The summed E-state index contributed by atoms with van der Waals surface area (Å²) in [6, 6.07) is 23.3. The Labute approximate surface area is 197 Å². The maximum Gasteiger partial charge on any atom is 0.199 e. The minimum absolute atomic E-state index is 0.152. The maximum absolute atomic E-state index is 6.36. The van der Waals surface area contributed by atoms with Crippen molar-refractivity contribution in [2.75, 3.05) is 13.2 Å². The number of ether oxygens (including phenoxy) is 4. The van der Waals surface area contributed by atoms with Crippen molar-refractivity contribution in [3.05, 3.63) is 88.4 Å². The van der Waals surface area contributed by atoms with E-state index in [1.54, 1.807) is 0 Å². The molecule has 6 heteroatoms. The van der Waals surface area contributed by atoms with Gasteiger partial charge in [-0.05, 0) is 64.2 Å². The third kappa shape index (κ3) is 6.48. The standard InChI is InChI=1S/C26H28BrNO4/c27-23-14-13-22(30-17-19-6-2-1-3-7-19)16-25(23)31-18-24(28)20-9-11-21(12-10-20)32-26-8-4-5-15-29-26/h1-3,6-7,9-14,16,24,26H,4-5,8,15,17-18,28H2. The van der Waals surface area contributed by atoms with Crippen LogP contribution in [0.15, 0.2) is 77.3 Å². The lowest BCUT2D eigenvalue weighted by atomic mass is 10.1. The van der Waals surface area contributed by atoms with E-state index in [4.69, 9.17) is 24.7 Å². The normalized spacial score (nSPS) is 16.9. The molecule has 1 saturated heterocycles. The second-order valence-electron chi connectivity index (χ2n) is 7.77. The average Bonchev–Trinajstić information content (AvgIpc) is 2.84. The molecule has 1 fully saturated rings. The van der Waals surface area contributed by atoms with Crippen LogP contribution < -0.4 is 19.9 Å². The van der Waals surface area contributed by atoms with Gasteiger partial charge in [0.2, 0.25) is 0 Å². The predicted molar refractivity (Wildman–Crippen MR) is 128 cm³/mol. The van der Waals surface area contributed by atoms with Crippen LogP contribution in [0.1, 0.15) is 36.4 Å². The van der Waals surface area contributed by atoms with Crippen LogP contribution in [0.2, 0.25) is 0 Å². The van der Waals surface area contributed by atoms with Gasteiger partial charge in [0.15, 0.2) is 6.29 Å². The van der Waals surface area contributed by atoms with Gasteiger partial charge >= 0.3 is 0 Å². The van der Waals surface area contributed by atoms with Gasteiger partial charge in [0.25, 0.3) is 0 Å². The smallest absolute Gasteiger partial charge is 0.199 e. The van der Waals surface area contributed by atoms with Gasteiger partial charge in [0.05, 0.1) is 17.1 Å². The lowest BCUT2D eigenvalue weighted by molar-refractivity contribution is -0.105. The largest absolute Gasteiger partial charge is 0.490 e. The van der Waals surface area contributed by atoms with Crippen LogP contribution in [0.25, 0.3) is 0 Å². The van der Waals surface area contributed by atoms with Crippen molar-refractivity contribution < 1.29 is 18.9 Å². The van der Waals surface area contributed by atoms with E-state index in [0.29, 0.717) is 19.0 Å². The highest BCUT2D eigenvalue weighted by molar-refractivity contribution is 9.10. The van der Waals surface area contributed by atoms with E-state index < -0.39 is 0 Å². The van der Waals surface area contributed by atoms with Crippen LogP contribution in [-0.2, 0) is 11.3 Å². The molecular weight excluding hydrogens is 470 g/mol. The van der Waals surface area contributed by atoms with Crippen LogP contribution >= 0.6 is 15.9 Å². The fraction of sp³-hybridized carbons (Fsp3) is 0.308. The third-order valence-electron chi connectivity index (χ3n) is 5.28. The van der Waals surface area contributed by atoms with Gasteiger partial charge in [0.1, 0.15) is 30.5 Å². The van der Waals surface area contributed by atoms with E-state index in [1.807, 2.05) is 72.8 Å². The molecule has 0 aliphatic carbocycles. The van der Waals surface area contributed by atoms with Gasteiger partial charge in [-0.2, -0.15) is 0 Å². The van der Waals surface area contributed by atoms with E-state index in [2.05, 4.69) is 15.9 Å². The molecule has 1 heterocycles. The molecule has 0 saturated carbocycles. The van der Waals surface area contributed by atoms with Crippen molar-refractivity contribution in [1.82, 2.24) is 0 Å². The molecule has 168 valence electrons. The van der Waals surface area contributed by atoms with E-state index in [9.17, 15) is 0 Å². The van der Waals surface area contributed by atoms with Crippen molar-refractivity contribution in [3.63, 3.8) is 0 Å². The minimum atomic E-state index is -0.268. The lowest BCUT2D eigenvalue weighted by Gasteiger charge is -2.23. The average molecular weight is 498 g/mol. The monoisotopic (exact) mass is 497 g/mol. The van der Waals surface area contributed by atoms with Crippen molar-refractivity contribution in [2.45, 2.75) is 38.2 Å². The summed E-state index contributed by atoms with van der Waals surface area (Å²) in [5.41, 5.74) is 8.46. The summed E-state index contributed by atoms with van der Waals surface area (Å²) in [4.78, 5) is 0. The Morgan fingerprint density at radius 1 is 0.938 bits per heavy atom. The van der Waals surface area contributed by atoms with Gasteiger partial charge in [-0.25, -0.2) is 0 Å². The molecule has 0 bridgehead atoms. The van der Waals surface area contributed by atoms with Crippen LogP contribution in [0.5, 0.6) is 17.2 Å². The molecule has 32 heavy (non-hydrogen) atoms. The highest BCUT2D eigenvalue weighted by Gasteiger charge is 2.16. The number of nitrogens with two attached hydrogens (primary N) is 1. The van der Waals surface area contributed by atoms with Crippen LogP contribution in [-0.4, -0.2) is 19.5 Å². The molecule has 0 radical (unpaired) electrons. The van der Waals surface area contributed by atoms with Crippen molar-refractivity contribution in [2.24, 2.45) is 5.73 Å². The summed E-state index contributed by atoms with van der Waals surface area (Å²) < 4.78 is 24.3. The molecule has 3 aromatic carbocycles. The van der Waals surface area contributed by atoms with Gasteiger partial charge in [-0.15, -0.1) is 0 Å². The van der Waals surface area contributed by atoms with Crippen LogP contribution in [0.3, 0.4) is 0 Å². The summed E-state index contributed by atoms with van der Waals surface area (Å²) in [5, 5.41) is 0. The first kappa shape index (κ1) is 22.6. The third-order valence-corrected chi connectivity index (χ3v) is 5.94. The van der Waals surface area contributed by atoms with Gasteiger partial charge in [-0.1, -0.05) is 42.5 Å². The first-order chi connectivity index (χ1) is 15.7. The Bertz CT molecular complexity index is 975. The molecule has 2 atom stereocenters. The molecule has 3 aromatic rings. The zero-order valence-electron chi connectivity index (χ0n) is 17.9. The molecule has 5 nitrogen and oxygen atoms in total. The SMILES string of the molecule is NC(COc1cc(OCc2ccccc2)ccc1Br)c1ccc(OC2CCCCO2)cc1. The van der Waals surface area contributed by atoms with Gasteiger partial charge in [0, 0.05) is 12.5 Å². The predicted octanol–water partition coefficient (Wildman–Crippen LogP) is 6.01. The van der Waals surface area contributed by atoms with E-state index in [-0.39, 0.29) is 12.3 Å². The molecule has 1 aliphatic heterocycles. The molecule has 4 rings (SSSR count). The zero-order chi connectivity index (χ0) is 22.2. The summed E-state index contributed by atoms with van der Waals surface area (Å²) in [6.45, 7) is 1.60. The molecule has 0 spiro atoms. The van der Waals surface area contributed by atoms with E-state index in [1.165, 1.54) is 0 Å². The van der Waals surface area contributed by atoms with Crippen molar-refractivity contribution in [3.8, 4) is 17.2 Å². The number of hydrogen-bond donors (Lipinski definition) is 1. The van der Waals surface area contributed by atoms with E-state index >= 15 is 0 Å². The van der Waals surface area contributed by atoms with Crippen molar-refractivity contribution >= 4 is 15.9 Å². The highest BCUT2D eigenvalue weighted by Crippen LogP contribution is 2.31. The number of halogens is 1. The zero-order valence-corrected chi connectivity index (χ0v) is 19.5. The molecule has 2 N–H and O–H groups in total. The number of hydrogen-bond acceptors (Lipinski definition) is 5. The molecular formula is C26H28BrNO4. The quantitative estimate of drug-likeness (QED) is 0.392. The fourth-order valence-corrected chi connectivity index (χ4v) is 3.81. The highest BCUT2D eigenvalue weighted by atomic mass is 79.9. The second kappa shape index (κ2) is 11.4. The van der Waals surface area contributed by atoms with Gasteiger partial charge < -0.3 is 24.7 Å². The Morgan fingerprint density at radius 3 is 2.47 bits per heavy atom. The molecule has 0 aromatic heterocycles. The summed E-state index contributed by atoms with van der Waals surface area (Å²) in [5.74, 6) is 2.23. The van der Waals surface area contributed by atoms with Crippen LogP contribution in [0.4, 0.5) is 0 Å². The minimum Gasteiger partial charge on any atom is -0.490 e. The Hall–Kier alpha value is -2.54.